The molecular formula is C21H21N3O4S. The van der Waals surface area contributed by atoms with Gasteiger partial charge in [-0.1, -0.05) is 41.7 Å². The maximum atomic E-state index is 12.7. The van der Waals surface area contributed by atoms with Crippen molar-refractivity contribution in [3.05, 3.63) is 60.2 Å². The Kier molecular flexibility index (Phi) is 6.46. The van der Waals surface area contributed by atoms with Crippen LogP contribution in [0.1, 0.15) is 24.2 Å². The van der Waals surface area contributed by atoms with Gasteiger partial charge >= 0.3 is 6.09 Å². The fourth-order valence-electron chi connectivity index (χ4n) is 2.52. The molecule has 2 aromatic carbocycles. The lowest BCUT2D eigenvalue weighted by Gasteiger charge is -2.10. The van der Waals surface area contributed by atoms with E-state index in [1.165, 1.54) is 7.11 Å². The smallest absolute Gasteiger partial charge is 0.413 e. The molecule has 0 saturated heterocycles. The lowest BCUT2D eigenvalue weighted by Crippen LogP contribution is -2.12. The molecule has 0 saturated carbocycles. The van der Waals surface area contributed by atoms with Crippen LogP contribution in [0, 0.1) is 0 Å². The van der Waals surface area contributed by atoms with Crippen LogP contribution in [0.15, 0.2) is 54.6 Å². The van der Waals surface area contributed by atoms with E-state index in [4.69, 9.17) is 4.74 Å². The van der Waals surface area contributed by atoms with Crippen LogP contribution in [0.4, 0.5) is 14.9 Å². The number of amides is 2. The minimum atomic E-state index is -0.628. The van der Waals surface area contributed by atoms with Crippen LogP contribution >= 0.6 is 11.3 Å². The van der Waals surface area contributed by atoms with Gasteiger partial charge in [-0.15, -0.1) is 0 Å². The molecule has 7 nitrogen and oxygen atoms in total. The molecule has 2 amide bonds. The van der Waals surface area contributed by atoms with Gasteiger partial charge in [-0.3, -0.25) is 10.1 Å². The van der Waals surface area contributed by atoms with Crippen molar-refractivity contribution in [3.63, 3.8) is 0 Å². The van der Waals surface area contributed by atoms with Gasteiger partial charge in [0.2, 0.25) is 0 Å². The molecule has 1 aromatic heterocycles. The number of nitrogens with zero attached hydrogens (tertiary/aromatic N) is 1. The molecule has 0 aliphatic heterocycles. The molecule has 0 aliphatic rings. The largest absolute Gasteiger partial charge is 0.491 e. The summed E-state index contributed by atoms with van der Waals surface area (Å²) in [5, 5.41) is 6.27. The zero-order chi connectivity index (χ0) is 20.8. The molecule has 0 unspecified atom stereocenters. The highest BCUT2D eigenvalue weighted by atomic mass is 32.1. The average molecular weight is 411 g/mol. The first-order valence-electron chi connectivity index (χ1n) is 8.95. The van der Waals surface area contributed by atoms with Crippen LogP contribution < -0.4 is 15.4 Å². The summed E-state index contributed by atoms with van der Waals surface area (Å²) in [6.07, 6.45) is -0.571. The van der Waals surface area contributed by atoms with E-state index < -0.39 is 6.09 Å². The molecule has 0 fully saturated rings. The van der Waals surface area contributed by atoms with Gasteiger partial charge in [-0.25, -0.2) is 9.78 Å². The number of hydrogen-bond acceptors (Lipinski definition) is 6. The predicted molar refractivity (Wildman–Crippen MR) is 114 cm³/mol. The summed E-state index contributed by atoms with van der Waals surface area (Å²) >= 11 is 1.15. The number of anilines is 2. The number of rotatable bonds is 6. The van der Waals surface area contributed by atoms with Gasteiger partial charge in [0.05, 0.1) is 13.2 Å². The molecule has 0 spiro atoms. The summed E-state index contributed by atoms with van der Waals surface area (Å²) in [4.78, 5) is 28.7. The van der Waals surface area contributed by atoms with E-state index in [0.717, 1.165) is 16.9 Å². The Balaban J connectivity index is 1.84. The second-order valence-corrected chi connectivity index (χ2v) is 7.32. The Morgan fingerprint density at radius 2 is 1.69 bits per heavy atom. The third kappa shape index (κ3) is 5.32. The molecule has 2 N–H and O–H groups in total. The van der Waals surface area contributed by atoms with Gasteiger partial charge in [0.15, 0.2) is 5.13 Å². The highest BCUT2D eigenvalue weighted by molar-refractivity contribution is 7.20. The SMILES string of the molecule is COC(=O)Nc1nc(-c2ccccc2)c(NC(=O)c2ccc(OC(C)C)cc2)s1. The van der Waals surface area contributed by atoms with Gasteiger partial charge in [0.25, 0.3) is 5.91 Å². The number of carbonyl (C=O) groups is 2. The first kappa shape index (κ1) is 20.3. The summed E-state index contributed by atoms with van der Waals surface area (Å²) in [6, 6.07) is 16.3. The Hall–Kier alpha value is -3.39. The Bertz CT molecular complexity index is 985. The van der Waals surface area contributed by atoms with E-state index in [1.54, 1.807) is 24.3 Å². The number of carbonyl (C=O) groups excluding carboxylic acids is 2. The molecule has 8 heteroatoms. The van der Waals surface area contributed by atoms with Crippen molar-refractivity contribution in [2.75, 3.05) is 17.7 Å². The fraction of sp³-hybridized carbons (Fsp3) is 0.190. The van der Waals surface area contributed by atoms with Crippen molar-refractivity contribution < 1.29 is 19.1 Å². The van der Waals surface area contributed by atoms with E-state index in [-0.39, 0.29) is 12.0 Å². The molecule has 29 heavy (non-hydrogen) atoms. The number of nitrogens with one attached hydrogen (secondary N) is 2. The van der Waals surface area contributed by atoms with Crippen molar-refractivity contribution in [3.8, 4) is 17.0 Å². The van der Waals surface area contributed by atoms with Crippen LogP contribution in [0.3, 0.4) is 0 Å². The number of thiazole rings is 1. The summed E-state index contributed by atoms with van der Waals surface area (Å²) < 4.78 is 10.2. The van der Waals surface area contributed by atoms with Crippen LogP contribution in [0.25, 0.3) is 11.3 Å². The normalized spacial score (nSPS) is 10.5. The highest BCUT2D eigenvalue weighted by Crippen LogP contribution is 2.36. The van der Waals surface area contributed by atoms with Crippen molar-refractivity contribution in [1.29, 1.82) is 0 Å². The zero-order valence-electron chi connectivity index (χ0n) is 16.3. The van der Waals surface area contributed by atoms with Crippen LogP contribution in [-0.2, 0) is 4.74 Å². The van der Waals surface area contributed by atoms with Crippen LogP contribution in [-0.4, -0.2) is 30.2 Å². The molecular weight excluding hydrogens is 390 g/mol. The molecule has 0 aliphatic carbocycles. The number of benzene rings is 2. The van der Waals surface area contributed by atoms with Gasteiger partial charge < -0.3 is 14.8 Å². The Morgan fingerprint density at radius 3 is 2.31 bits per heavy atom. The fourth-order valence-corrected chi connectivity index (χ4v) is 3.39. The minimum absolute atomic E-state index is 0.0565. The van der Waals surface area contributed by atoms with Gasteiger partial charge in [0, 0.05) is 11.1 Å². The molecule has 3 rings (SSSR count). The second kappa shape index (κ2) is 9.20. The van der Waals surface area contributed by atoms with Crippen LogP contribution in [0.5, 0.6) is 5.75 Å². The first-order chi connectivity index (χ1) is 14.0. The number of methoxy groups -OCH3 is 1. The van der Waals surface area contributed by atoms with Crippen molar-refractivity contribution in [2.24, 2.45) is 0 Å². The van der Waals surface area contributed by atoms with Gasteiger partial charge in [-0.2, -0.15) is 0 Å². The molecule has 3 aromatic rings. The monoisotopic (exact) mass is 411 g/mol. The first-order valence-corrected chi connectivity index (χ1v) is 9.77. The minimum Gasteiger partial charge on any atom is -0.491 e. The van der Waals surface area contributed by atoms with Gasteiger partial charge in [-0.05, 0) is 38.1 Å². The molecule has 150 valence electrons. The number of hydrogen-bond donors (Lipinski definition) is 2. The Labute approximate surface area is 172 Å². The van der Waals surface area contributed by atoms with Gasteiger partial charge in [0.1, 0.15) is 16.4 Å². The predicted octanol–water partition coefficient (Wildman–Crippen LogP) is 5.03. The van der Waals surface area contributed by atoms with E-state index >= 15 is 0 Å². The maximum absolute atomic E-state index is 12.7. The maximum Gasteiger partial charge on any atom is 0.413 e. The summed E-state index contributed by atoms with van der Waals surface area (Å²) in [7, 11) is 1.27. The number of aromatic nitrogens is 1. The molecule has 1 heterocycles. The number of ether oxygens (including phenoxy) is 2. The van der Waals surface area contributed by atoms with Crippen molar-refractivity contribution in [2.45, 2.75) is 20.0 Å². The highest BCUT2D eigenvalue weighted by Gasteiger charge is 2.18. The average Bonchev–Trinajstić information content (AvgIpc) is 3.10. The van der Waals surface area contributed by atoms with Crippen LogP contribution in [0.2, 0.25) is 0 Å². The van der Waals surface area contributed by atoms with E-state index in [2.05, 4.69) is 20.4 Å². The third-order valence-electron chi connectivity index (χ3n) is 3.78. The lowest BCUT2D eigenvalue weighted by molar-refractivity contribution is 0.102. The lowest BCUT2D eigenvalue weighted by atomic mass is 10.1. The molecule has 0 bridgehead atoms. The summed E-state index contributed by atoms with van der Waals surface area (Å²) in [5.74, 6) is 0.412. The van der Waals surface area contributed by atoms with E-state index in [9.17, 15) is 9.59 Å². The topological polar surface area (TPSA) is 89.5 Å². The second-order valence-electron chi connectivity index (χ2n) is 6.32. The molecule has 0 atom stereocenters. The summed E-state index contributed by atoms with van der Waals surface area (Å²) in [5.41, 5.74) is 1.86. The van der Waals surface area contributed by atoms with E-state index in [1.807, 2.05) is 44.2 Å². The summed E-state index contributed by atoms with van der Waals surface area (Å²) in [6.45, 7) is 3.88. The quantitative estimate of drug-likeness (QED) is 0.594. The standard InChI is InChI=1S/C21H21N3O4S/c1-13(2)28-16-11-9-15(10-12-16)18(25)23-19-17(14-7-5-4-6-8-14)22-20(29-19)24-21(26)27-3/h4-13H,1-3H3,(H,23,25)(H,22,24,26). The van der Waals surface area contributed by atoms with Crippen molar-refractivity contribution >= 4 is 33.5 Å². The zero-order valence-corrected chi connectivity index (χ0v) is 17.1. The van der Waals surface area contributed by atoms with E-state index in [0.29, 0.717) is 27.1 Å². The Morgan fingerprint density at radius 1 is 1.00 bits per heavy atom. The van der Waals surface area contributed by atoms with Crippen molar-refractivity contribution in [1.82, 2.24) is 4.98 Å². The molecule has 0 radical (unpaired) electrons. The third-order valence-corrected chi connectivity index (χ3v) is 4.67.